The quantitative estimate of drug-likeness (QED) is 0.124. The number of hydrogen-bond donors (Lipinski definition) is 0. The van der Waals surface area contributed by atoms with Crippen LogP contribution in [0.5, 0.6) is 0 Å². The van der Waals surface area contributed by atoms with Crippen LogP contribution in [0, 0.1) is 27.7 Å². The largest absolute Gasteiger partial charge is 0.311 e. The van der Waals surface area contributed by atoms with Gasteiger partial charge in [0, 0.05) is 23.0 Å². The molecule has 0 heterocycles. The molecule has 2 aliphatic carbocycles. The Morgan fingerprint density at radius 1 is 0.556 bits per heavy atom. The van der Waals surface area contributed by atoms with Crippen molar-refractivity contribution < 1.29 is 0 Å². The topological polar surface area (TPSA) is 3.24 Å². The van der Waals surface area contributed by atoms with Gasteiger partial charge in [-0.05, 0) is 156 Å². The minimum absolute atomic E-state index is 0.315. The molecule has 7 aromatic rings. The van der Waals surface area contributed by atoms with Gasteiger partial charge in [-0.2, -0.15) is 0 Å². The van der Waals surface area contributed by atoms with E-state index < -0.39 is 0 Å². The Hall–Kier alpha value is -5.86. The maximum Gasteiger partial charge on any atom is 0.140 e. The van der Waals surface area contributed by atoms with Gasteiger partial charge in [-0.15, -0.1) is 0 Å². The molecule has 7 aromatic carbocycles. The molecule has 2 aliphatic rings. The maximum absolute atomic E-state index is 2.57. The highest BCUT2D eigenvalue weighted by Gasteiger charge is 2.29. The zero-order chi connectivity index (χ0) is 36.9. The number of hydrogen-bond acceptors (Lipinski definition) is 1. The van der Waals surface area contributed by atoms with E-state index in [-0.39, 0.29) is 0 Å². The summed E-state index contributed by atoms with van der Waals surface area (Å²) in [6.45, 7) is 9.24. The summed E-state index contributed by atoms with van der Waals surface area (Å²) < 4.78 is 0. The Bertz CT molecular complexity index is 2570. The van der Waals surface area contributed by atoms with E-state index in [2.05, 4.69) is 192 Å². The first kappa shape index (κ1) is 33.9. The lowest BCUT2D eigenvalue weighted by molar-refractivity contribution is 0.880. The molecule has 1 atom stereocenters. The van der Waals surface area contributed by atoms with Crippen LogP contribution in [0.2, 0.25) is 0 Å². The molecule has 0 saturated heterocycles. The first-order valence-corrected chi connectivity index (χ1v) is 19.5. The summed E-state index contributed by atoms with van der Waals surface area (Å²) in [7, 11) is 2.28. The van der Waals surface area contributed by atoms with E-state index in [4.69, 9.17) is 0 Å². The molecule has 1 unspecified atom stereocenters. The van der Waals surface area contributed by atoms with Crippen molar-refractivity contribution in [1.82, 2.24) is 0 Å². The second-order valence-corrected chi connectivity index (χ2v) is 15.4. The Morgan fingerprint density at radius 3 is 1.78 bits per heavy atom. The lowest BCUT2D eigenvalue weighted by atomic mass is 9.77. The minimum atomic E-state index is 0.315. The summed E-state index contributed by atoms with van der Waals surface area (Å²) in [5.74, 6) is 0.315. The number of para-hydroxylation sites is 1. The fourth-order valence-corrected chi connectivity index (χ4v) is 9.19. The van der Waals surface area contributed by atoms with Gasteiger partial charge in [0.05, 0.1) is 0 Å². The third kappa shape index (κ3) is 5.82. The summed E-state index contributed by atoms with van der Waals surface area (Å²) in [6, 6.07) is 51.3. The highest BCUT2D eigenvalue weighted by atomic mass is 15.1. The molecule has 9 rings (SSSR count). The Kier molecular flexibility index (Phi) is 8.71. The van der Waals surface area contributed by atoms with Crippen LogP contribution < -0.4 is 10.4 Å². The average Bonchev–Trinajstić information content (AvgIpc) is 3.42. The van der Waals surface area contributed by atoms with E-state index in [9.17, 15) is 0 Å². The van der Waals surface area contributed by atoms with Crippen LogP contribution in [0.3, 0.4) is 0 Å². The Morgan fingerprint density at radius 2 is 1.11 bits per heavy atom. The molecule has 0 fully saturated rings. The Labute approximate surface area is 321 Å². The number of anilines is 3. The van der Waals surface area contributed by atoms with Crippen LogP contribution in [0.4, 0.5) is 17.1 Å². The molecule has 0 aromatic heterocycles. The molecule has 0 bridgehead atoms. The van der Waals surface area contributed by atoms with E-state index in [1.165, 1.54) is 77.4 Å². The van der Waals surface area contributed by atoms with E-state index in [1.54, 1.807) is 11.1 Å². The van der Waals surface area contributed by atoms with Crippen LogP contribution in [-0.4, -0.2) is 7.85 Å². The molecule has 2 heteroatoms. The van der Waals surface area contributed by atoms with Gasteiger partial charge in [0.2, 0.25) is 0 Å². The van der Waals surface area contributed by atoms with E-state index in [0.29, 0.717) is 5.92 Å². The highest BCUT2D eigenvalue weighted by molar-refractivity contribution is 6.35. The van der Waals surface area contributed by atoms with Gasteiger partial charge in [0.15, 0.2) is 0 Å². The minimum Gasteiger partial charge on any atom is -0.311 e. The first-order valence-electron chi connectivity index (χ1n) is 19.5. The summed E-state index contributed by atoms with van der Waals surface area (Å²) in [6.07, 6.45) is 7.97. The van der Waals surface area contributed by atoms with Crippen LogP contribution in [-0.2, 0) is 6.42 Å². The summed E-state index contributed by atoms with van der Waals surface area (Å²) >= 11 is 0. The molecule has 262 valence electrons. The average molecular weight is 696 g/mol. The van der Waals surface area contributed by atoms with Crippen LogP contribution in [0.25, 0.3) is 38.6 Å². The molecule has 0 radical (unpaired) electrons. The van der Waals surface area contributed by atoms with Gasteiger partial charge in [-0.3, -0.25) is 0 Å². The van der Waals surface area contributed by atoms with Crippen LogP contribution in [0.1, 0.15) is 57.7 Å². The molecule has 0 aliphatic heterocycles. The Balaban J connectivity index is 1.07. The molecule has 1 nitrogen and oxygen atoms in total. The lowest BCUT2D eigenvalue weighted by Crippen LogP contribution is -2.16. The predicted molar refractivity (Wildman–Crippen MR) is 235 cm³/mol. The molecule has 54 heavy (non-hydrogen) atoms. The number of rotatable bonds is 6. The second kappa shape index (κ2) is 13.8. The van der Waals surface area contributed by atoms with E-state index in [0.717, 1.165) is 36.3 Å². The van der Waals surface area contributed by atoms with E-state index >= 15 is 0 Å². The third-order valence-corrected chi connectivity index (χ3v) is 12.6. The second-order valence-electron chi connectivity index (χ2n) is 15.4. The van der Waals surface area contributed by atoms with Crippen molar-refractivity contribution in [3.63, 3.8) is 0 Å². The maximum atomic E-state index is 2.57. The highest BCUT2D eigenvalue weighted by Crippen LogP contribution is 2.49. The molecular weight excluding hydrogens is 649 g/mol. The molecule has 0 spiro atoms. The zero-order valence-electron chi connectivity index (χ0n) is 32.1. The SMILES string of the molecule is Bc1c(C)c(C)c(-c2cc3c(c4ccccc24)CC2=C3CC(c3ccc(N(c4ccccc4)c4ccc(-c5ccccc5)cc4)cc3)C=CC2)c(C)c1C. The number of fused-ring (bicyclic) bond motifs is 4. The fraction of sp³-hybridized carbons (Fsp3) is 0.154. The van der Waals surface area contributed by atoms with Crippen molar-refractivity contribution in [1.29, 1.82) is 0 Å². The lowest BCUT2D eigenvalue weighted by Gasteiger charge is -2.26. The van der Waals surface area contributed by atoms with Gasteiger partial charge in [0.25, 0.3) is 0 Å². The van der Waals surface area contributed by atoms with E-state index in [1.807, 2.05) is 0 Å². The van der Waals surface area contributed by atoms with Gasteiger partial charge in [0.1, 0.15) is 7.85 Å². The van der Waals surface area contributed by atoms with Crippen molar-refractivity contribution >= 4 is 46.7 Å². The number of allylic oxidation sites excluding steroid dienone is 4. The van der Waals surface area contributed by atoms with Gasteiger partial charge >= 0.3 is 0 Å². The number of benzene rings is 7. The fourth-order valence-electron chi connectivity index (χ4n) is 9.19. The first-order chi connectivity index (χ1) is 26.4. The van der Waals surface area contributed by atoms with Gasteiger partial charge in [-0.1, -0.05) is 131 Å². The molecule has 0 saturated carbocycles. The summed E-state index contributed by atoms with van der Waals surface area (Å²) in [5.41, 5.74) is 23.2. The standard InChI is InChI=1S/C52H46BN/c1-33-35(3)52(53)36(4)34(2)51(33)50-32-49-47-30-40(16-13-17-41(47)31-48(49)45-20-11-12-21-46(45)50)39-24-28-44(29-25-39)54(42-18-9-6-10-19-42)43-26-22-38(23-27-43)37-14-7-5-8-15-37/h5-16,18-29,32,40H,17,30-31,53H2,1-4H3. The zero-order valence-corrected chi connectivity index (χ0v) is 32.1. The van der Waals surface area contributed by atoms with Crippen molar-refractivity contribution in [3.8, 4) is 22.3 Å². The molecule has 0 amide bonds. The summed E-state index contributed by atoms with van der Waals surface area (Å²) in [4.78, 5) is 2.36. The van der Waals surface area contributed by atoms with Crippen LogP contribution in [0.15, 0.2) is 157 Å². The van der Waals surface area contributed by atoms with Gasteiger partial charge in [-0.25, -0.2) is 0 Å². The normalized spacial score (nSPS) is 14.9. The van der Waals surface area contributed by atoms with Crippen molar-refractivity contribution in [2.24, 2.45) is 0 Å². The summed E-state index contributed by atoms with van der Waals surface area (Å²) in [5, 5.41) is 2.79. The van der Waals surface area contributed by atoms with Crippen molar-refractivity contribution in [2.45, 2.75) is 52.9 Å². The molecular formula is C52H46BN. The van der Waals surface area contributed by atoms with Gasteiger partial charge < -0.3 is 4.90 Å². The number of nitrogens with zero attached hydrogens (tertiary/aromatic N) is 1. The predicted octanol–water partition coefficient (Wildman–Crippen LogP) is 12.6. The molecule has 0 N–H and O–H groups in total. The van der Waals surface area contributed by atoms with Crippen molar-refractivity contribution in [2.75, 3.05) is 4.90 Å². The van der Waals surface area contributed by atoms with Crippen molar-refractivity contribution in [3.05, 3.63) is 196 Å². The smallest absolute Gasteiger partial charge is 0.140 e. The van der Waals surface area contributed by atoms with Crippen LogP contribution >= 0.6 is 0 Å². The third-order valence-electron chi connectivity index (χ3n) is 12.6. The monoisotopic (exact) mass is 695 g/mol.